The third-order valence-corrected chi connectivity index (χ3v) is 1.93. The number of hydrogen-bond donors (Lipinski definition) is 0. The van der Waals surface area contributed by atoms with E-state index in [0.717, 1.165) is 0 Å². The molecule has 0 heterocycles. The molecule has 0 radical (unpaired) electrons. The van der Waals surface area contributed by atoms with Crippen molar-refractivity contribution in [3.05, 3.63) is 85.6 Å². The number of carbonyl (C=O) groups is 1. The van der Waals surface area contributed by atoms with Crippen molar-refractivity contribution in [2.24, 2.45) is 0 Å². The molecule has 0 fully saturated rings. The molecule has 23 heavy (non-hydrogen) atoms. The predicted molar refractivity (Wildman–Crippen MR) is 110 cm³/mol. The Bertz CT molecular complexity index is 415. The SMILES string of the molecule is C=C/C=C(\C=C/C)C(C)=O.C=C/C=C\C(C)=C/C=C.CC.CC. The van der Waals surface area contributed by atoms with Crippen molar-refractivity contribution >= 4 is 5.78 Å². The Morgan fingerprint density at radius 3 is 1.57 bits per heavy atom. The van der Waals surface area contributed by atoms with Crippen LogP contribution < -0.4 is 0 Å². The molecule has 0 unspecified atom stereocenters. The average molecular weight is 317 g/mol. The molecule has 0 aromatic heterocycles. The average Bonchev–Trinajstić information content (AvgIpc) is 2.57. The smallest absolute Gasteiger partial charge is 0.159 e. The molecule has 0 saturated heterocycles. The highest BCUT2D eigenvalue weighted by molar-refractivity contribution is 5.96. The first kappa shape index (κ1) is 28.9. The summed E-state index contributed by atoms with van der Waals surface area (Å²) in [6, 6.07) is 0. The van der Waals surface area contributed by atoms with Gasteiger partial charge in [-0.05, 0) is 20.8 Å². The van der Waals surface area contributed by atoms with Crippen LogP contribution in [0, 0.1) is 0 Å². The zero-order chi connectivity index (χ0) is 19.1. The lowest BCUT2D eigenvalue weighted by Crippen LogP contribution is -1.91. The molecule has 0 rings (SSSR count). The van der Waals surface area contributed by atoms with E-state index >= 15 is 0 Å². The van der Waals surface area contributed by atoms with Crippen LogP contribution in [0.4, 0.5) is 0 Å². The van der Waals surface area contributed by atoms with E-state index in [2.05, 4.69) is 19.7 Å². The second-order valence-electron chi connectivity index (χ2n) is 3.66. The van der Waals surface area contributed by atoms with E-state index in [-0.39, 0.29) is 5.78 Å². The van der Waals surface area contributed by atoms with Crippen molar-refractivity contribution in [1.29, 1.82) is 0 Å². The van der Waals surface area contributed by atoms with Crippen molar-refractivity contribution in [1.82, 2.24) is 0 Å². The highest BCUT2D eigenvalue weighted by Gasteiger charge is 1.94. The van der Waals surface area contributed by atoms with Gasteiger partial charge in [-0.25, -0.2) is 0 Å². The van der Waals surface area contributed by atoms with Gasteiger partial charge in [-0.1, -0.05) is 108 Å². The van der Waals surface area contributed by atoms with Crippen molar-refractivity contribution in [3.63, 3.8) is 0 Å². The summed E-state index contributed by atoms with van der Waals surface area (Å²) in [6.07, 6.45) is 16.2. The van der Waals surface area contributed by atoms with Gasteiger partial charge in [-0.15, -0.1) is 0 Å². The molecule has 0 aliphatic carbocycles. The second kappa shape index (κ2) is 28.1. The largest absolute Gasteiger partial charge is 0.295 e. The van der Waals surface area contributed by atoms with Crippen LogP contribution in [0.2, 0.25) is 0 Å². The summed E-state index contributed by atoms with van der Waals surface area (Å²) in [4.78, 5) is 10.8. The van der Waals surface area contributed by atoms with Crippen LogP contribution in [0.5, 0.6) is 0 Å². The molecule has 0 amide bonds. The summed E-state index contributed by atoms with van der Waals surface area (Å²) in [5, 5.41) is 0. The third-order valence-electron chi connectivity index (χ3n) is 1.93. The van der Waals surface area contributed by atoms with Crippen molar-refractivity contribution in [3.8, 4) is 0 Å². The molecule has 0 atom stereocenters. The highest BCUT2D eigenvalue weighted by Crippen LogP contribution is 1.98. The van der Waals surface area contributed by atoms with E-state index in [1.165, 1.54) is 12.5 Å². The number of carbonyl (C=O) groups excluding carboxylic acids is 1. The van der Waals surface area contributed by atoms with Gasteiger partial charge in [0.15, 0.2) is 5.78 Å². The van der Waals surface area contributed by atoms with Crippen LogP contribution in [-0.4, -0.2) is 5.78 Å². The van der Waals surface area contributed by atoms with Crippen LogP contribution >= 0.6 is 0 Å². The normalized spacial score (nSPS) is 10.4. The molecule has 1 heteroatoms. The molecule has 0 aromatic carbocycles. The van der Waals surface area contributed by atoms with Crippen LogP contribution in [-0.2, 0) is 4.79 Å². The van der Waals surface area contributed by atoms with E-state index in [1.54, 1.807) is 30.4 Å². The fourth-order valence-corrected chi connectivity index (χ4v) is 1.06. The first-order valence-corrected chi connectivity index (χ1v) is 8.08. The third kappa shape index (κ3) is 28.7. The lowest BCUT2D eigenvalue weighted by molar-refractivity contribution is -0.113. The van der Waals surface area contributed by atoms with Crippen LogP contribution in [0.1, 0.15) is 48.5 Å². The molecule has 0 aliphatic heterocycles. The Balaban J connectivity index is -0.000000129. The molecule has 0 saturated carbocycles. The Morgan fingerprint density at radius 2 is 1.26 bits per heavy atom. The van der Waals surface area contributed by atoms with Gasteiger partial charge in [-0.3, -0.25) is 4.79 Å². The summed E-state index contributed by atoms with van der Waals surface area (Å²) in [5.41, 5.74) is 1.88. The maximum absolute atomic E-state index is 10.8. The molecule has 0 aromatic rings. The van der Waals surface area contributed by atoms with Crippen LogP contribution in [0.25, 0.3) is 0 Å². The number of ketones is 1. The summed E-state index contributed by atoms with van der Waals surface area (Å²) in [7, 11) is 0. The van der Waals surface area contributed by atoms with E-state index < -0.39 is 0 Å². The van der Waals surface area contributed by atoms with Gasteiger partial charge in [0.2, 0.25) is 0 Å². The van der Waals surface area contributed by atoms with Gasteiger partial charge in [-0.2, -0.15) is 0 Å². The Labute approximate surface area is 145 Å². The monoisotopic (exact) mass is 316 g/mol. The maximum atomic E-state index is 10.8. The minimum Gasteiger partial charge on any atom is -0.295 e. The second-order valence-corrected chi connectivity index (χ2v) is 3.66. The van der Waals surface area contributed by atoms with Gasteiger partial charge in [0.05, 0.1) is 0 Å². The zero-order valence-corrected chi connectivity index (χ0v) is 16.2. The first-order valence-electron chi connectivity index (χ1n) is 8.08. The van der Waals surface area contributed by atoms with Crippen LogP contribution in [0.3, 0.4) is 0 Å². The molecular formula is C22H36O. The summed E-state index contributed by atoms with van der Waals surface area (Å²) >= 11 is 0. The minimum absolute atomic E-state index is 0.0676. The van der Waals surface area contributed by atoms with E-state index in [4.69, 9.17) is 0 Å². The van der Waals surface area contributed by atoms with Crippen molar-refractivity contribution in [2.45, 2.75) is 48.5 Å². The van der Waals surface area contributed by atoms with E-state index in [0.29, 0.717) is 5.57 Å². The molecule has 0 bridgehead atoms. The van der Waals surface area contributed by atoms with Gasteiger partial charge >= 0.3 is 0 Å². The van der Waals surface area contributed by atoms with Crippen molar-refractivity contribution in [2.75, 3.05) is 0 Å². The van der Waals surface area contributed by atoms with Gasteiger partial charge in [0.1, 0.15) is 0 Å². The number of Topliss-reactive ketones (excluding diaryl/α,β-unsaturated/α-hetero) is 1. The topological polar surface area (TPSA) is 17.1 Å². The molecule has 0 spiro atoms. The number of allylic oxidation sites excluding steroid dienone is 11. The van der Waals surface area contributed by atoms with E-state index in [1.807, 2.05) is 65.8 Å². The zero-order valence-electron chi connectivity index (χ0n) is 16.2. The highest BCUT2D eigenvalue weighted by atomic mass is 16.1. The predicted octanol–water partition coefficient (Wildman–Crippen LogP) is 7.18. The van der Waals surface area contributed by atoms with Crippen LogP contribution in [0.15, 0.2) is 85.6 Å². The van der Waals surface area contributed by atoms with E-state index in [9.17, 15) is 4.79 Å². The molecule has 0 N–H and O–H groups in total. The summed E-state index contributed by atoms with van der Waals surface area (Å²) in [5.74, 6) is 0.0676. The summed E-state index contributed by atoms with van der Waals surface area (Å²) < 4.78 is 0. The molecular weight excluding hydrogens is 280 g/mol. The number of rotatable bonds is 6. The number of hydrogen-bond acceptors (Lipinski definition) is 1. The first-order chi connectivity index (χ1) is 11.0. The summed E-state index contributed by atoms with van der Waals surface area (Å²) in [6.45, 7) is 24.1. The molecule has 130 valence electrons. The Morgan fingerprint density at radius 1 is 0.783 bits per heavy atom. The Kier molecular flexibility index (Phi) is 35.3. The lowest BCUT2D eigenvalue weighted by atomic mass is 10.1. The molecule has 0 aliphatic rings. The lowest BCUT2D eigenvalue weighted by Gasteiger charge is -1.90. The minimum atomic E-state index is 0.0676. The fourth-order valence-electron chi connectivity index (χ4n) is 1.06. The standard InChI is InChI=1S/C9H12O.C9H12.2C2H6/c1-4-6-9(7-5-2)8(3)10;1-4-6-8-9(3)7-5-2;2*1-2/h4-7H,1H2,2-3H3;4-8H,1-2H2,3H3;2*1-2H3/b7-5-,9-6+;8-6-,9-7-;;. The van der Waals surface area contributed by atoms with Gasteiger partial charge < -0.3 is 0 Å². The maximum Gasteiger partial charge on any atom is 0.159 e. The quantitative estimate of drug-likeness (QED) is 0.375. The molecule has 1 nitrogen and oxygen atoms in total. The van der Waals surface area contributed by atoms with Crippen molar-refractivity contribution < 1.29 is 4.79 Å². The van der Waals surface area contributed by atoms with Gasteiger partial charge in [0, 0.05) is 5.57 Å². The fraction of sp³-hybridized carbons (Fsp3) is 0.318. The van der Waals surface area contributed by atoms with Gasteiger partial charge in [0.25, 0.3) is 0 Å². The Hall–Kier alpha value is -2.15.